The van der Waals surface area contributed by atoms with Gasteiger partial charge in [-0.05, 0) is 12.8 Å². The Bertz CT molecular complexity index is 793. The number of fused-ring (bicyclic) bond motifs is 1. The molecular formula is C11H16N6O5S. The highest BCUT2D eigenvalue weighted by Crippen LogP contribution is 2.30. The van der Waals surface area contributed by atoms with Crippen LogP contribution in [0.25, 0.3) is 11.2 Å². The van der Waals surface area contributed by atoms with Crippen molar-refractivity contribution in [1.82, 2.24) is 24.2 Å². The molecule has 23 heavy (non-hydrogen) atoms. The number of nitrogen functional groups attached to an aromatic ring is 1. The Hall–Kier alpha value is -1.86. The van der Waals surface area contributed by atoms with Crippen LogP contribution in [-0.2, 0) is 19.2 Å². The monoisotopic (exact) mass is 344 g/mol. The van der Waals surface area contributed by atoms with Gasteiger partial charge in [-0.15, -0.1) is 0 Å². The molecule has 0 unspecified atom stereocenters. The number of nitrogens with two attached hydrogens (primary N) is 1. The Morgan fingerprint density at radius 1 is 1.43 bits per heavy atom. The third-order valence-corrected chi connectivity index (χ3v) is 4.41. The van der Waals surface area contributed by atoms with Gasteiger partial charge in [0.15, 0.2) is 18.3 Å². The minimum absolute atomic E-state index is 0.0442. The SMILES string of the molecule is Nc1ncnc2c1ncn2[C@H]1CC[C@@H](CNS(=O)(=O)OCO)O1. The third kappa shape index (κ3) is 3.40. The Morgan fingerprint density at radius 2 is 2.26 bits per heavy atom. The van der Waals surface area contributed by atoms with E-state index in [1.165, 1.54) is 6.33 Å². The Kier molecular flexibility index (Phi) is 4.41. The van der Waals surface area contributed by atoms with Gasteiger partial charge in [-0.2, -0.15) is 13.1 Å². The molecule has 1 fully saturated rings. The summed E-state index contributed by atoms with van der Waals surface area (Å²) in [5.41, 5.74) is 6.80. The van der Waals surface area contributed by atoms with Crippen molar-refractivity contribution in [3.63, 3.8) is 0 Å². The summed E-state index contributed by atoms with van der Waals surface area (Å²) in [6.07, 6.45) is 3.59. The van der Waals surface area contributed by atoms with E-state index in [9.17, 15) is 8.42 Å². The zero-order chi connectivity index (χ0) is 16.4. The summed E-state index contributed by atoms with van der Waals surface area (Å²) < 4.78 is 36.6. The number of aliphatic hydroxyl groups is 1. The van der Waals surface area contributed by atoms with Crippen molar-refractivity contribution in [1.29, 1.82) is 0 Å². The van der Waals surface area contributed by atoms with Gasteiger partial charge in [-0.3, -0.25) is 4.57 Å². The fraction of sp³-hybridized carbons (Fsp3) is 0.545. The molecule has 0 aromatic carbocycles. The molecule has 2 aromatic heterocycles. The minimum Gasteiger partial charge on any atom is -0.382 e. The molecule has 2 atom stereocenters. The lowest BCUT2D eigenvalue weighted by Gasteiger charge is -2.15. The summed E-state index contributed by atoms with van der Waals surface area (Å²) in [7, 11) is -3.97. The number of anilines is 1. The zero-order valence-corrected chi connectivity index (χ0v) is 12.8. The molecule has 3 rings (SSSR count). The second kappa shape index (κ2) is 6.33. The number of aromatic nitrogens is 4. The van der Waals surface area contributed by atoms with E-state index < -0.39 is 17.1 Å². The van der Waals surface area contributed by atoms with Crippen LogP contribution in [-0.4, -0.2) is 52.5 Å². The standard InChI is InChI=1S/C11H16N6O5S/c12-10-9-11(14-4-13-10)17(5-15-9)8-2-1-7(22-8)3-16-23(19,20)21-6-18/h4-5,7-8,16,18H,1-3,6H2,(H2,12,13,14)/t7-,8+/m0/s1. The van der Waals surface area contributed by atoms with Crippen LogP contribution in [0.3, 0.4) is 0 Å². The molecule has 2 aromatic rings. The molecule has 12 heteroatoms. The first kappa shape index (κ1) is 16.0. The average Bonchev–Trinajstić information content (AvgIpc) is 3.12. The predicted molar refractivity (Wildman–Crippen MR) is 78.0 cm³/mol. The topological polar surface area (TPSA) is 154 Å². The highest BCUT2D eigenvalue weighted by atomic mass is 32.2. The van der Waals surface area contributed by atoms with Gasteiger partial charge in [-0.1, -0.05) is 0 Å². The van der Waals surface area contributed by atoms with Gasteiger partial charge < -0.3 is 15.6 Å². The van der Waals surface area contributed by atoms with Gasteiger partial charge in [0.2, 0.25) is 0 Å². The van der Waals surface area contributed by atoms with E-state index in [4.69, 9.17) is 15.6 Å². The van der Waals surface area contributed by atoms with Gasteiger partial charge in [0.05, 0.1) is 12.4 Å². The van der Waals surface area contributed by atoms with Crippen molar-refractivity contribution < 1.29 is 22.4 Å². The maximum atomic E-state index is 11.3. The molecule has 0 aliphatic carbocycles. The van der Waals surface area contributed by atoms with Crippen LogP contribution in [0, 0.1) is 0 Å². The summed E-state index contributed by atoms with van der Waals surface area (Å²) in [6.45, 7) is -0.867. The van der Waals surface area contributed by atoms with Crippen molar-refractivity contribution in [3.05, 3.63) is 12.7 Å². The molecule has 1 aliphatic heterocycles. The number of nitrogens with zero attached hydrogens (tertiary/aromatic N) is 4. The number of hydrogen-bond acceptors (Lipinski definition) is 9. The van der Waals surface area contributed by atoms with Crippen LogP contribution in [0.5, 0.6) is 0 Å². The van der Waals surface area contributed by atoms with Crippen molar-refractivity contribution in [2.24, 2.45) is 0 Å². The maximum Gasteiger partial charge on any atom is 0.338 e. The van der Waals surface area contributed by atoms with Crippen LogP contribution in [0.1, 0.15) is 19.1 Å². The van der Waals surface area contributed by atoms with Gasteiger partial charge in [0.1, 0.15) is 18.1 Å². The first-order chi connectivity index (χ1) is 11.0. The zero-order valence-electron chi connectivity index (χ0n) is 12.0. The Balaban J connectivity index is 1.66. The molecule has 0 saturated carbocycles. The van der Waals surface area contributed by atoms with Crippen LogP contribution in [0.4, 0.5) is 5.82 Å². The number of imidazole rings is 1. The molecule has 11 nitrogen and oxygen atoms in total. The molecule has 0 amide bonds. The maximum absolute atomic E-state index is 11.3. The molecular weight excluding hydrogens is 328 g/mol. The quantitative estimate of drug-likeness (QED) is 0.553. The lowest BCUT2D eigenvalue weighted by atomic mass is 10.2. The molecule has 126 valence electrons. The van der Waals surface area contributed by atoms with Crippen LogP contribution >= 0.6 is 0 Å². The molecule has 3 heterocycles. The fourth-order valence-corrected chi connectivity index (χ4v) is 3.04. The molecule has 0 radical (unpaired) electrons. The average molecular weight is 344 g/mol. The van der Waals surface area contributed by atoms with Gasteiger partial charge >= 0.3 is 10.3 Å². The summed E-state index contributed by atoms with van der Waals surface area (Å²) in [4.78, 5) is 12.2. The van der Waals surface area contributed by atoms with E-state index in [1.54, 1.807) is 10.9 Å². The molecule has 1 aliphatic rings. The van der Waals surface area contributed by atoms with E-state index >= 15 is 0 Å². The van der Waals surface area contributed by atoms with Crippen molar-refractivity contribution >= 4 is 27.3 Å². The Morgan fingerprint density at radius 3 is 3.04 bits per heavy atom. The number of aliphatic hydroxyl groups excluding tert-OH is 1. The summed E-state index contributed by atoms with van der Waals surface area (Å²) in [6, 6.07) is 0. The van der Waals surface area contributed by atoms with Gasteiger partial charge in [0, 0.05) is 6.54 Å². The largest absolute Gasteiger partial charge is 0.382 e. The van der Waals surface area contributed by atoms with Crippen LogP contribution in [0.2, 0.25) is 0 Å². The molecule has 4 N–H and O–H groups in total. The van der Waals surface area contributed by atoms with E-state index in [-0.39, 0.29) is 24.7 Å². The fourth-order valence-electron chi connectivity index (χ4n) is 2.43. The minimum atomic E-state index is -3.97. The lowest BCUT2D eigenvalue weighted by molar-refractivity contribution is 0.00640. The van der Waals surface area contributed by atoms with Crippen LogP contribution in [0.15, 0.2) is 12.7 Å². The first-order valence-electron chi connectivity index (χ1n) is 6.83. The normalized spacial score (nSPS) is 22.0. The highest BCUT2D eigenvalue weighted by Gasteiger charge is 2.29. The smallest absolute Gasteiger partial charge is 0.338 e. The summed E-state index contributed by atoms with van der Waals surface area (Å²) in [5.74, 6) is 0.289. The van der Waals surface area contributed by atoms with Gasteiger partial charge in [-0.25, -0.2) is 19.1 Å². The number of hydrogen-bond donors (Lipinski definition) is 3. The van der Waals surface area contributed by atoms with Crippen molar-refractivity contribution in [3.8, 4) is 0 Å². The second-order valence-corrected chi connectivity index (χ2v) is 6.36. The lowest BCUT2D eigenvalue weighted by Crippen LogP contribution is -2.33. The van der Waals surface area contributed by atoms with E-state index in [0.29, 0.717) is 24.0 Å². The van der Waals surface area contributed by atoms with E-state index in [1.807, 2.05) is 0 Å². The number of ether oxygens (including phenoxy) is 1. The first-order valence-corrected chi connectivity index (χ1v) is 8.24. The van der Waals surface area contributed by atoms with Crippen molar-refractivity contribution in [2.75, 3.05) is 19.1 Å². The highest BCUT2D eigenvalue weighted by molar-refractivity contribution is 7.84. The number of nitrogens with one attached hydrogen (secondary N) is 1. The van der Waals surface area contributed by atoms with E-state index in [2.05, 4.69) is 23.9 Å². The summed E-state index contributed by atoms with van der Waals surface area (Å²) in [5, 5.41) is 8.48. The molecule has 1 saturated heterocycles. The predicted octanol–water partition coefficient (Wildman–Crippen LogP) is -1.11. The third-order valence-electron chi connectivity index (χ3n) is 3.48. The Labute approximate surface area is 131 Å². The molecule has 0 bridgehead atoms. The van der Waals surface area contributed by atoms with Crippen LogP contribution < -0.4 is 10.5 Å². The number of rotatable bonds is 6. The van der Waals surface area contributed by atoms with E-state index in [0.717, 1.165) is 0 Å². The molecule has 0 spiro atoms. The second-order valence-electron chi connectivity index (χ2n) is 4.92. The van der Waals surface area contributed by atoms with Gasteiger partial charge in [0.25, 0.3) is 0 Å². The van der Waals surface area contributed by atoms with Crippen molar-refractivity contribution in [2.45, 2.75) is 25.2 Å². The summed E-state index contributed by atoms with van der Waals surface area (Å²) >= 11 is 0.